The van der Waals surface area contributed by atoms with Crippen LogP contribution in [0, 0.1) is 0 Å². The maximum Gasteiger partial charge on any atom is 0.265 e. The summed E-state index contributed by atoms with van der Waals surface area (Å²) in [5.74, 6) is 1.03. The smallest absolute Gasteiger partial charge is 0.265 e. The lowest BCUT2D eigenvalue weighted by atomic mass is 10.1. The van der Waals surface area contributed by atoms with E-state index in [1.807, 2.05) is 31.2 Å². The highest BCUT2D eigenvalue weighted by Crippen LogP contribution is 2.34. The van der Waals surface area contributed by atoms with Crippen LogP contribution in [0.2, 0.25) is 0 Å². The van der Waals surface area contributed by atoms with E-state index in [0.29, 0.717) is 47.2 Å². The fourth-order valence-corrected chi connectivity index (χ4v) is 4.72. The number of carbonyl (C=O) groups is 1. The number of rotatable bonds is 3. The van der Waals surface area contributed by atoms with Crippen molar-refractivity contribution in [2.75, 3.05) is 18.5 Å². The molecular weight excluding hydrogens is 388 g/mol. The second-order valence-electron chi connectivity index (χ2n) is 6.73. The lowest BCUT2D eigenvalue weighted by Gasteiger charge is -2.18. The second-order valence-corrected chi connectivity index (χ2v) is 7.78. The molecule has 146 valence electrons. The van der Waals surface area contributed by atoms with Crippen LogP contribution in [0.1, 0.15) is 16.6 Å². The number of thiophene rings is 1. The average molecular weight is 406 g/mol. The van der Waals surface area contributed by atoms with Gasteiger partial charge in [0.25, 0.3) is 11.5 Å². The summed E-state index contributed by atoms with van der Waals surface area (Å²) >= 11 is 1.33. The molecule has 4 aromatic rings. The number of amides is 1. The monoisotopic (exact) mass is 406 g/mol. The number of pyridine rings is 1. The van der Waals surface area contributed by atoms with E-state index >= 15 is 0 Å². The molecule has 0 unspecified atom stereocenters. The van der Waals surface area contributed by atoms with Gasteiger partial charge in [0.15, 0.2) is 11.5 Å². The Balaban J connectivity index is 1.55. The summed E-state index contributed by atoms with van der Waals surface area (Å²) in [4.78, 5) is 26.3. The van der Waals surface area contributed by atoms with Crippen LogP contribution in [0.15, 0.2) is 53.3 Å². The number of carbonyl (C=O) groups excluding carboxylic acids is 1. The zero-order valence-electron chi connectivity index (χ0n) is 15.7. The molecule has 0 saturated carbocycles. The fraction of sp³-hybridized carbons (Fsp3) is 0.182. The highest BCUT2D eigenvalue weighted by molar-refractivity contribution is 7.21. The van der Waals surface area contributed by atoms with Crippen molar-refractivity contribution in [2.24, 2.45) is 0 Å². The molecule has 0 radical (unpaired) electrons. The number of nitrogens with zero attached hydrogens (tertiary/aromatic N) is 1. The van der Waals surface area contributed by atoms with Gasteiger partial charge in [0.05, 0.1) is 15.8 Å². The third-order valence-corrected chi connectivity index (χ3v) is 6.15. The van der Waals surface area contributed by atoms with Gasteiger partial charge in [0.1, 0.15) is 13.2 Å². The van der Waals surface area contributed by atoms with Gasteiger partial charge in [-0.3, -0.25) is 9.59 Å². The standard InChI is InChI=1S/C22H18N2O4S/c1-2-24-16-6-4-3-5-14(16)20-15(22(24)26)12-19(29-20)21(25)23-13-7-8-17-18(11-13)28-10-9-27-17/h3-8,11-12H,2,9-10H2,1H3,(H,23,25). The zero-order valence-corrected chi connectivity index (χ0v) is 16.5. The Kier molecular flexibility index (Phi) is 4.24. The Morgan fingerprint density at radius 2 is 1.86 bits per heavy atom. The largest absolute Gasteiger partial charge is 0.486 e. The first kappa shape index (κ1) is 17.8. The van der Waals surface area contributed by atoms with Gasteiger partial charge in [-0.05, 0) is 31.2 Å². The molecular formula is C22H18N2O4S. The fourth-order valence-electron chi connectivity index (χ4n) is 3.65. The normalized spacial score (nSPS) is 13.0. The van der Waals surface area contributed by atoms with Crippen molar-refractivity contribution < 1.29 is 14.3 Å². The average Bonchev–Trinajstić information content (AvgIpc) is 3.20. The minimum atomic E-state index is -0.255. The molecule has 6 nitrogen and oxygen atoms in total. The molecule has 0 saturated heterocycles. The first-order chi connectivity index (χ1) is 14.2. The van der Waals surface area contributed by atoms with E-state index in [1.54, 1.807) is 28.8 Å². The molecule has 0 spiro atoms. The van der Waals surface area contributed by atoms with E-state index in [1.165, 1.54) is 11.3 Å². The van der Waals surface area contributed by atoms with Crippen LogP contribution < -0.4 is 20.3 Å². The van der Waals surface area contributed by atoms with Gasteiger partial charge >= 0.3 is 0 Å². The van der Waals surface area contributed by atoms with Crippen molar-refractivity contribution >= 4 is 43.9 Å². The van der Waals surface area contributed by atoms with Gasteiger partial charge in [-0.15, -0.1) is 11.3 Å². The summed E-state index contributed by atoms with van der Waals surface area (Å²) < 4.78 is 13.7. The van der Waals surface area contributed by atoms with E-state index in [-0.39, 0.29) is 11.5 Å². The predicted octanol–water partition coefficient (Wildman–Crippen LogP) is 4.26. The quantitative estimate of drug-likeness (QED) is 0.552. The predicted molar refractivity (Wildman–Crippen MR) is 115 cm³/mol. The van der Waals surface area contributed by atoms with E-state index in [2.05, 4.69) is 5.32 Å². The molecule has 0 atom stereocenters. The van der Waals surface area contributed by atoms with Crippen LogP contribution in [0.4, 0.5) is 5.69 Å². The van der Waals surface area contributed by atoms with Crippen molar-refractivity contribution in [3.05, 3.63) is 63.8 Å². The Bertz CT molecular complexity index is 1320. The Morgan fingerprint density at radius 1 is 1.07 bits per heavy atom. The van der Waals surface area contributed by atoms with E-state index < -0.39 is 0 Å². The van der Waals surface area contributed by atoms with Crippen LogP contribution in [0.3, 0.4) is 0 Å². The first-order valence-electron chi connectivity index (χ1n) is 9.42. The van der Waals surface area contributed by atoms with Crippen LogP contribution >= 0.6 is 11.3 Å². The molecule has 1 aliphatic heterocycles. The van der Waals surface area contributed by atoms with E-state index in [4.69, 9.17) is 9.47 Å². The third-order valence-electron chi connectivity index (χ3n) is 4.99. The minimum Gasteiger partial charge on any atom is -0.486 e. The summed E-state index contributed by atoms with van der Waals surface area (Å²) in [6, 6.07) is 14.8. The number of benzene rings is 2. The van der Waals surface area contributed by atoms with Gasteiger partial charge in [-0.25, -0.2) is 0 Å². The molecule has 1 aliphatic rings. The van der Waals surface area contributed by atoms with E-state index in [0.717, 1.165) is 15.6 Å². The zero-order chi connectivity index (χ0) is 20.0. The van der Waals surface area contributed by atoms with Crippen LogP contribution in [-0.4, -0.2) is 23.7 Å². The molecule has 0 aliphatic carbocycles. The van der Waals surface area contributed by atoms with Crippen molar-refractivity contribution in [1.29, 1.82) is 0 Å². The van der Waals surface area contributed by atoms with Crippen molar-refractivity contribution in [3.8, 4) is 11.5 Å². The number of aryl methyl sites for hydroxylation is 1. The summed E-state index contributed by atoms with van der Waals surface area (Å²) in [5, 5.41) is 4.44. The van der Waals surface area contributed by atoms with Crippen LogP contribution in [0.5, 0.6) is 11.5 Å². The van der Waals surface area contributed by atoms with Gasteiger partial charge in [0, 0.05) is 28.4 Å². The van der Waals surface area contributed by atoms with Crippen LogP contribution in [0.25, 0.3) is 21.0 Å². The number of hydrogen-bond acceptors (Lipinski definition) is 5. The van der Waals surface area contributed by atoms with Gasteiger partial charge in [-0.2, -0.15) is 0 Å². The van der Waals surface area contributed by atoms with Gasteiger partial charge in [-0.1, -0.05) is 18.2 Å². The van der Waals surface area contributed by atoms with Crippen LogP contribution in [-0.2, 0) is 6.54 Å². The number of fused-ring (bicyclic) bond motifs is 4. The summed E-state index contributed by atoms with van der Waals surface area (Å²) in [6.07, 6.45) is 0. The lowest BCUT2D eigenvalue weighted by molar-refractivity contribution is 0.103. The second kappa shape index (κ2) is 6.93. The van der Waals surface area contributed by atoms with Crippen molar-refractivity contribution in [2.45, 2.75) is 13.5 Å². The highest BCUT2D eigenvalue weighted by Gasteiger charge is 2.18. The van der Waals surface area contributed by atoms with Crippen molar-refractivity contribution in [1.82, 2.24) is 4.57 Å². The number of ether oxygens (including phenoxy) is 2. The van der Waals surface area contributed by atoms with Crippen molar-refractivity contribution in [3.63, 3.8) is 0 Å². The number of nitrogens with one attached hydrogen (secondary N) is 1. The lowest BCUT2D eigenvalue weighted by Crippen LogP contribution is -2.19. The molecule has 7 heteroatoms. The number of hydrogen-bond donors (Lipinski definition) is 1. The minimum absolute atomic E-state index is 0.0733. The molecule has 3 heterocycles. The summed E-state index contributed by atoms with van der Waals surface area (Å²) in [7, 11) is 0. The molecule has 2 aromatic heterocycles. The maximum absolute atomic E-state index is 12.9. The summed E-state index contributed by atoms with van der Waals surface area (Å²) in [5.41, 5.74) is 1.43. The number of para-hydroxylation sites is 1. The third kappa shape index (κ3) is 2.94. The molecule has 1 N–H and O–H groups in total. The van der Waals surface area contributed by atoms with E-state index in [9.17, 15) is 9.59 Å². The molecule has 2 aromatic carbocycles. The Hall–Kier alpha value is -3.32. The molecule has 1 amide bonds. The Morgan fingerprint density at radius 3 is 2.69 bits per heavy atom. The maximum atomic E-state index is 12.9. The van der Waals surface area contributed by atoms with Gasteiger partial charge in [0.2, 0.25) is 0 Å². The van der Waals surface area contributed by atoms with Gasteiger partial charge < -0.3 is 19.4 Å². The first-order valence-corrected chi connectivity index (χ1v) is 10.2. The molecule has 0 bridgehead atoms. The molecule has 29 heavy (non-hydrogen) atoms. The number of anilines is 1. The highest BCUT2D eigenvalue weighted by atomic mass is 32.1. The molecule has 0 fully saturated rings. The number of aromatic nitrogens is 1. The summed E-state index contributed by atoms with van der Waals surface area (Å²) in [6.45, 7) is 3.52. The Labute approximate surface area is 170 Å². The SMILES string of the molecule is CCn1c(=O)c2cc(C(=O)Nc3ccc4c(c3)OCCO4)sc2c2ccccc21. The topological polar surface area (TPSA) is 69.6 Å². The molecule has 5 rings (SSSR count).